The molecule has 0 unspecified atom stereocenters. The number of benzene rings is 1. The molecule has 0 heterocycles. The second-order valence-electron chi connectivity index (χ2n) is 3.58. The largest absolute Gasteiger partial charge is 0.308 e. The van der Waals surface area contributed by atoms with Gasteiger partial charge in [0.2, 0.25) is 0 Å². The summed E-state index contributed by atoms with van der Waals surface area (Å²) in [5, 5.41) is 3.60. The molecule has 94 valence electrons. The molecule has 17 heavy (non-hydrogen) atoms. The Kier molecular flexibility index (Phi) is 5.46. The van der Waals surface area contributed by atoms with E-state index in [2.05, 4.69) is 5.32 Å². The first-order valence-electron chi connectivity index (χ1n) is 4.88. The van der Waals surface area contributed by atoms with Gasteiger partial charge in [0.25, 0.3) is 0 Å². The van der Waals surface area contributed by atoms with Crippen LogP contribution in [0.25, 0.3) is 0 Å². The zero-order valence-electron chi connectivity index (χ0n) is 9.28. The van der Waals surface area contributed by atoms with Gasteiger partial charge in [0.15, 0.2) is 9.84 Å². The van der Waals surface area contributed by atoms with Gasteiger partial charge in [0, 0.05) is 29.9 Å². The fourth-order valence-electron chi connectivity index (χ4n) is 1.22. The van der Waals surface area contributed by atoms with Crippen molar-refractivity contribution in [3.63, 3.8) is 0 Å². The molecule has 1 aromatic carbocycles. The molecule has 1 aromatic rings. The van der Waals surface area contributed by atoms with E-state index in [0.717, 1.165) is 5.56 Å². The lowest BCUT2D eigenvalue weighted by atomic mass is 10.2. The Morgan fingerprint density at radius 3 is 2.41 bits per heavy atom. The molecule has 0 aromatic heterocycles. The lowest BCUT2D eigenvalue weighted by Crippen LogP contribution is -2.14. The summed E-state index contributed by atoms with van der Waals surface area (Å²) in [6, 6.07) is 6.71. The Bertz CT molecular complexity index is 495. The van der Waals surface area contributed by atoms with Crippen LogP contribution in [0.3, 0.4) is 0 Å². The molecule has 6 heteroatoms. The number of hydrogen-bond donors (Lipinski definition) is 1. The molecule has 0 aliphatic carbocycles. The van der Waals surface area contributed by atoms with Crippen LogP contribution < -0.4 is 5.32 Å². The van der Waals surface area contributed by atoms with E-state index in [1.165, 1.54) is 11.8 Å². The molecule has 3 nitrogen and oxygen atoms in total. The van der Waals surface area contributed by atoms with Gasteiger partial charge in [-0.1, -0.05) is 35.3 Å². The average molecular weight is 294 g/mol. The van der Waals surface area contributed by atoms with E-state index in [1.54, 1.807) is 24.3 Å². The van der Waals surface area contributed by atoms with Crippen molar-refractivity contribution in [1.82, 2.24) is 5.32 Å². The van der Waals surface area contributed by atoms with Crippen LogP contribution >= 0.6 is 23.2 Å². The van der Waals surface area contributed by atoms with Crippen LogP contribution in [-0.4, -0.2) is 21.2 Å². The fourth-order valence-corrected chi connectivity index (χ4v) is 2.02. The predicted octanol–water partition coefficient (Wildman–Crippen LogP) is 2.50. The van der Waals surface area contributed by atoms with Crippen molar-refractivity contribution in [3.8, 4) is 0 Å². The van der Waals surface area contributed by atoms with E-state index >= 15 is 0 Å². The third-order valence-electron chi connectivity index (χ3n) is 2.09. The normalized spacial score (nSPS) is 12.8. The summed E-state index contributed by atoms with van der Waals surface area (Å²) in [6.45, 7) is 1.09. The first-order chi connectivity index (χ1) is 7.93. The van der Waals surface area contributed by atoms with Gasteiger partial charge in [-0.3, -0.25) is 0 Å². The predicted molar refractivity (Wildman–Crippen MR) is 71.0 cm³/mol. The molecule has 1 N–H and O–H groups in total. The molecule has 0 aliphatic heterocycles. The summed E-state index contributed by atoms with van der Waals surface area (Å²) in [4.78, 5) is 0.319. The molecular weight excluding hydrogens is 281 g/mol. The Balaban J connectivity index is 2.58. The molecule has 0 spiro atoms. The lowest BCUT2D eigenvalue weighted by molar-refractivity contribution is 0.602. The van der Waals surface area contributed by atoms with Crippen LogP contribution in [0.2, 0.25) is 0 Å². The summed E-state index contributed by atoms with van der Waals surface area (Å²) in [7, 11) is -3.13. The average Bonchev–Trinajstić information content (AvgIpc) is 2.28. The van der Waals surface area contributed by atoms with Gasteiger partial charge in [-0.2, -0.15) is 0 Å². The monoisotopic (exact) mass is 293 g/mol. The summed E-state index contributed by atoms with van der Waals surface area (Å²) in [6.07, 6.45) is 1.19. The molecule has 0 atom stereocenters. The number of rotatable bonds is 5. The maximum atomic E-state index is 11.2. The highest BCUT2D eigenvalue weighted by Crippen LogP contribution is 2.10. The number of sulfone groups is 1. The standard InChI is InChI=1S/C11H13Cl2NO2S/c1-17(15,16)11-4-2-9(3-5-11)7-14-8-10(13)6-12/h2-6,14H,7-8H2,1H3. The van der Waals surface area contributed by atoms with Gasteiger partial charge in [-0.15, -0.1) is 0 Å². The van der Waals surface area contributed by atoms with Crippen molar-refractivity contribution in [1.29, 1.82) is 0 Å². The first kappa shape index (κ1) is 14.5. The summed E-state index contributed by atoms with van der Waals surface area (Å²) in [5.41, 5.74) is 2.29. The Morgan fingerprint density at radius 2 is 1.94 bits per heavy atom. The molecule has 0 saturated heterocycles. The highest BCUT2D eigenvalue weighted by molar-refractivity contribution is 7.90. The second kappa shape index (κ2) is 6.40. The smallest absolute Gasteiger partial charge is 0.175 e. The van der Waals surface area contributed by atoms with Crippen LogP contribution in [0.5, 0.6) is 0 Å². The van der Waals surface area contributed by atoms with E-state index in [-0.39, 0.29) is 0 Å². The SMILES string of the molecule is CS(=O)(=O)c1ccc(CNCC(Cl)=CCl)cc1. The van der Waals surface area contributed by atoms with E-state index in [0.29, 0.717) is 23.0 Å². The minimum atomic E-state index is -3.13. The van der Waals surface area contributed by atoms with Crippen molar-refractivity contribution in [3.05, 3.63) is 40.4 Å². The third kappa shape index (κ3) is 5.08. The zero-order valence-corrected chi connectivity index (χ0v) is 11.6. The highest BCUT2D eigenvalue weighted by Gasteiger charge is 2.05. The molecule has 0 saturated carbocycles. The van der Waals surface area contributed by atoms with Crippen LogP contribution in [0.15, 0.2) is 39.7 Å². The van der Waals surface area contributed by atoms with E-state index < -0.39 is 9.84 Å². The molecule has 0 radical (unpaired) electrons. The summed E-state index contributed by atoms with van der Waals surface area (Å²) in [5.74, 6) is 0. The molecular formula is C11H13Cl2NO2S. The third-order valence-corrected chi connectivity index (χ3v) is 3.84. The first-order valence-corrected chi connectivity index (χ1v) is 7.58. The maximum Gasteiger partial charge on any atom is 0.175 e. The highest BCUT2D eigenvalue weighted by atomic mass is 35.5. The number of halogens is 2. The van der Waals surface area contributed by atoms with Crippen molar-refractivity contribution in [2.24, 2.45) is 0 Å². The maximum absolute atomic E-state index is 11.2. The molecule has 0 bridgehead atoms. The second-order valence-corrected chi connectivity index (χ2v) is 6.30. The lowest BCUT2D eigenvalue weighted by Gasteiger charge is -2.04. The van der Waals surface area contributed by atoms with Crippen molar-refractivity contribution in [2.45, 2.75) is 11.4 Å². The van der Waals surface area contributed by atoms with Crippen LogP contribution in [0.1, 0.15) is 5.56 Å². The van der Waals surface area contributed by atoms with E-state index in [4.69, 9.17) is 23.2 Å². The van der Waals surface area contributed by atoms with Crippen molar-refractivity contribution in [2.75, 3.05) is 12.8 Å². The molecule has 0 fully saturated rings. The number of nitrogens with one attached hydrogen (secondary N) is 1. The summed E-state index contributed by atoms with van der Waals surface area (Å²) >= 11 is 11.1. The zero-order chi connectivity index (χ0) is 12.9. The minimum Gasteiger partial charge on any atom is -0.308 e. The minimum absolute atomic E-state index is 0.319. The quantitative estimate of drug-likeness (QED) is 0.907. The van der Waals surface area contributed by atoms with Crippen LogP contribution in [0, 0.1) is 0 Å². The summed E-state index contributed by atoms with van der Waals surface area (Å²) < 4.78 is 22.5. The Hall–Kier alpha value is -0.550. The Labute approximate surface area is 111 Å². The van der Waals surface area contributed by atoms with Crippen molar-refractivity contribution >= 4 is 33.0 Å². The topological polar surface area (TPSA) is 46.2 Å². The van der Waals surface area contributed by atoms with Crippen molar-refractivity contribution < 1.29 is 8.42 Å². The van der Waals surface area contributed by atoms with E-state index in [1.807, 2.05) is 0 Å². The van der Waals surface area contributed by atoms with Gasteiger partial charge in [-0.25, -0.2) is 8.42 Å². The molecule has 1 rings (SSSR count). The number of hydrogen-bond acceptors (Lipinski definition) is 3. The van der Waals surface area contributed by atoms with Gasteiger partial charge in [0.1, 0.15) is 0 Å². The molecule has 0 amide bonds. The molecule has 0 aliphatic rings. The van der Waals surface area contributed by atoms with Gasteiger partial charge < -0.3 is 5.32 Å². The Morgan fingerprint density at radius 1 is 1.35 bits per heavy atom. The fraction of sp³-hybridized carbons (Fsp3) is 0.273. The van der Waals surface area contributed by atoms with E-state index in [9.17, 15) is 8.42 Å². The van der Waals surface area contributed by atoms with Crippen LogP contribution in [-0.2, 0) is 16.4 Å². The van der Waals surface area contributed by atoms with Gasteiger partial charge >= 0.3 is 0 Å². The van der Waals surface area contributed by atoms with Crippen LogP contribution in [0.4, 0.5) is 0 Å². The van der Waals surface area contributed by atoms with Gasteiger partial charge in [-0.05, 0) is 17.7 Å². The van der Waals surface area contributed by atoms with Gasteiger partial charge in [0.05, 0.1) is 4.90 Å².